The Balaban J connectivity index is 3.09. The summed E-state index contributed by atoms with van der Waals surface area (Å²) in [7, 11) is 0. The lowest BCUT2D eigenvalue weighted by atomic mass is 10.1. The third-order valence-electron chi connectivity index (χ3n) is 2.04. The SMILES string of the molecule is N#C/C(N)=C(\C#N)N=Cc1cccc(C(F)(F)F)c1. The highest BCUT2D eigenvalue weighted by Gasteiger charge is 2.30. The van der Waals surface area contributed by atoms with Crippen LogP contribution in [0, 0.1) is 22.7 Å². The molecule has 7 heteroatoms. The molecule has 2 N–H and O–H groups in total. The largest absolute Gasteiger partial charge is 0.416 e. The highest BCUT2D eigenvalue weighted by Crippen LogP contribution is 2.29. The predicted octanol–water partition coefficient (Wildman–Crippen LogP) is 2.34. The standard InChI is InChI=1S/C12H7F3N4/c13-12(14,15)9-3-1-2-8(4-9)7-19-11(6-17)10(18)5-16/h1-4,7H,18H2/b11-10-,19-7?. The van der Waals surface area contributed by atoms with E-state index in [0.29, 0.717) is 0 Å². The summed E-state index contributed by atoms with van der Waals surface area (Å²) in [6, 6.07) is 7.50. The average Bonchev–Trinajstić information content (AvgIpc) is 2.38. The Morgan fingerprint density at radius 2 is 1.95 bits per heavy atom. The molecule has 0 saturated heterocycles. The molecule has 4 nitrogen and oxygen atoms in total. The van der Waals surface area contributed by atoms with Gasteiger partial charge in [0.1, 0.15) is 17.8 Å². The van der Waals surface area contributed by atoms with E-state index in [4.69, 9.17) is 16.3 Å². The van der Waals surface area contributed by atoms with Crippen molar-refractivity contribution >= 4 is 6.21 Å². The van der Waals surface area contributed by atoms with Gasteiger partial charge in [0.15, 0.2) is 5.70 Å². The molecule has 0 fully saturated rings. The van der Waals surface area contributed by atoms with E-state index in [1.807, 2.05) is 0 Å². The first-order valence-electron chi connectivity index (χ1n) is 4.89. The van der Waals surface area contributed by atoms with Crippen molar-refractivity contribution in [3.05, 3.63) is 46.8 Å². The molecular weight excluding hydrogens is 257 g/mol. The molecule has 0 saturated carbocycles. The lowest BCUT2D eigenvalue weighted by Crippen LogP contribution is -2.05. The molecule has 0 bridgehead atoms. The van der Waals surface area contributed by atoms with Gasteiger partial charge in [0, 0.05) is 6.21 Å². The second-order valence-electron chi connectivity index (χ2n) is 3.37. The van der Waals surface area contributed by atoms with Crippen molar-refractivity contribution in [2.45, 2.75) is 6.18 Å². The number of hydrogen-bond donors (Lipinski definition) is 1. The van der Waals surface area contributed by atoms with E-state index in [1.165, 1.54) is 18.2 Å². The first-order valence-corrected chi connectivity index (χ1v) is 4.89. The zero-order chi connectivity index (χ0) is 14.5. The lowest BCUT2D eigenvalue weighted by molar-refractivity contribution is -0.137. The number of nitrogens with two attached hydrogens (primary N) is 1. The smallest absolute Gasteiger partial charge is 0.388 e. The van der Waals surface area contributed by atoms with Crippen LogP contribution in [0.25, 0.3) is 0 Å². The Bertz CT molecular complexity index is 615. The number of benzene rings is 1. The van der Waals surface area contributed by atoms with Gasteiger partial charge in [-0.1, -0.05) is 12.1 Å². The van der Waals surface area contributed by atoms with E-state index in [0.717, 1.165) is 18.3 Å². The van der Waals surface area contributed by atoms with Crippen molar-refractivity contribution in [2.75, 3.05) is 0 Å². The van der Waals surface area contributed by atoms with Gasteiger partial charge in [0.2, 0.25) is 0 Å². The highest BCUT2D eigenvalue weighted by molar-refractivity contribution is 5.81. The van der Waals surface area contributed by atoms with E-state index >= 15 is 0 Å². The maximum atomic E-state index is 12.4. The molecule has 0 heterocycles. The Morgan fingerprint density at radius 3 is 2.47 bits per heavy atom. The summed E-state index contributed by atoms with van der Waals surface area (Å²) in [4.78, 5) is 3.59. The van der Waals surface area contributed by atoms with Crippen molar-refractivity contribution in [2.24, 2.45) is 10.7 Å². The van der Waals surface area contributed by atoms with Crippen LogP contribution in [-0.4, -0.2) is 6.21 Å². The van der Waals surface area contributed by atoms with Crippen LogP contribution in [0.1, 0.15) is 11.1 Å². The average molecular weight is 264 g/mol. The minimum Gasteiger partial charge on any atom is -0.388 e. The summed E-state index contributed by atoms with van der Waals surface area (Å²) in [6.45, 7) is 0. The number of alkyl halides is 3. The van der Waals surface area contributed by atoms with Gasteiger partial charge in [-0.25, -0.2) is 4.99 Å². The maximum absolute atomic E-state index is 12.4. The minimum absolute atomic E-state index is 0.147. The third-order valence-corrected chi connectivity index (χ3v) is 2.04. The van der Waals surface area contributed by atoms with E-state index in [9.17, 15) is 13.2 Å². The third kappa shape index (κ3) is 3.86. The molecule has 1 aromatic carbocycles. The summed E-state index contributed by atoms with van der Waals surface area (Å²) in [5.41, 5.74) is 3.77. The van der Waals surface area contributed by atoms with Gasteiger partial charge in [0.25, 0.3) is 0 Å². The van der Waals surface area contributed by atoms with Gasteiger partial charge in [-0.05, 0) is 17.7 Å². The zero-order valence-electron chi connectivity index (χ0n) is 9.44. The van der Waals surface area contributed by atoms with Crippen molar-refractivity contribution in [3.63, 3.8) is 0 Å². The van der Waals surface area contributed by atoms with Crippen LogP contribution in [-0.2, 0) is 6.18 Å². The number of nitriles is 2. The first kappa shape index (κ1) is 14.3. The van der Waals surface area contributed by atoms with Crippen LogP contribution in [0.5, 0.6) is 0 Å². The van der Waals surface area contributed by atoms with Crippen LogP contribution in [0.15, 0.2) is 40.7 Å². The van der Waals surface area contributed by atoms with Gasteiger partial charge in [-0.3, -0.25) is 0 Å². The Hall–Kier alpha value is -2.80. The number of halogens is 3. The molecule has 1 rings (SSSR count). The first-order chi connectivity index (χ1) is 8.88. The number of hydrogen-bond acceptors (Lipinski definition) is 4. The Morgan fingerprint density at radius 1 is 1.26 bits per heavy atom. The number of nitrogens with zero attached hydrogens (tertiary/aromatic N) is 3. The van der Waals surface area contributed by atoms with Crippen LogP contribution in [0.3, 0.4) is 0 Å². The molecule has 96 valence electrons. The molecule has 19 heavy (non-hydrogen) atoms. The normalized spacial score (nSPS) is 12.7. The molecule has 0 radical (unpaired) electrons. The van der Waals surface area contributed by atoms with Crippen molar-refractivity contribution in [1.82, 2.24) is 0 Å². The molecule has 0 amide bonds. The number of rotatable bonds is 2. The van der Waals surface area contributed by atoms with Gasteiger partial charge in [-0.15, -0.1) is 0 Å². The summed E-state index contributed by atoms with van der Waals surface area (Å²) in [6.07, 6.45) is -3.42. The molecule has 0 aromatic heterocycles. The van der Waals surface area contributed by atoms with Crippen molar-refractivity contribution in [1.29, 1.82) is 10.5 Å². The van der Waals surface area contributed by atoms with E-state index in [1.54, 1.807) is 6.07 Å². The van der Waals surface area contributed by atoms with Gasteiger partial charge in [-0.2, -0.15) is 23.7 Å². The van der Waals surface area contributed by atoms with Crippen LogP contribution in [0.4, 0.5) is 13.2 Å². The van der Waals surface area contributed by atoms with Crippen molar-refractivity contribution < 1.29 is 13.2 Å². The van der Waals surface area contributed by atoms with Gasteiger partial charge in [0.05, 0.1) is 5.56 Å². The summed E-state index contributed by atoms with van der Waals surface area (Å²) in [5.74, 6) is 0. The second-order valence-corrected chi connectivity index (χ2v) is 3.37. The summed E-state index contributed by atoms with van der Waals surface area (Å²) in [5, 5.41) is 17.1. The molecule has 0 aliphatic heterocycles. The zero-order valence-corrected chi connectivity index (χ0v) is 9.44. The molecule has 0 atom stereocenters. The van der Waals surface area contributed by atoms with E-state index < -0.39 is 17.4 Å². The van der Waals surface area contributed by atoms with Gasteiger partial charge < -0.3 is 5.73 Å². The molecule has 0 spiro atoms. The minimum atomic E-state index is -4.45. The fourth-order valence-electron chi connectivity index (χ4n) is 1.15. The van der Waals surface area contributed by atoms with Crippen LogP contribution >= 0.6 is 0 Å². The number of aliphatic imine (C=N–C) groups is 1. The van der Waals surface area contributed by atoms with Crippen LogP contribution in [0.2, 0.25) is 0 Å². The molecular formula is C12H7F3N4. The molecule has 1 aromatic rings. The Labute approximate surface area is 106 Å². The lowest BCUT2D eigenvalue weighted by Gasteiger charge is -2.06. The quantitative estimate of drug-likeness (QED) is 0.657. The maximum Gasteiger partial charge on any atom is 0.416 e. The monoisotopic (exact) mass is 264 g/mol. The Kier molecular flexibility index (Phi) is 4.27. The van der Waals surface area contributed by atoms with E-state index in [-0.39, 0.29) is 11.3 Å². The number of allylic oxidation sites excluding steroid dienone is 2. The predicted molar refractivity (Wildman–Crippen MR) is 61.5 cm³/mol. The molecule has 0 aliphatic carbocycles. The molecule has 0 aliphatic rings. The second kappa shape index (κ2) is 5.69. The molecule has 0 unspecified atom stereocenters. The fourth-order valence-corrected chi connectivity index (χ4v) is 1.15. The van der Waals surface area contributed by atoms with Gasteiger partial charge >= 0.3 is 6.18 Å². The van der Waals surface area contributed by atoms with E-state index in [2.05, 4.69) is 4.99 Å². The summed E-state index contributed by atoms with van der Waals surface area (Å²) < 4.78 is 37.3. The van der Waals surface area contributed by atoms with Crippen LogP contribution < -0.4 is 5.73 Å². The van der Waals surface area contributed by atoms with Crippen molar-refractivity contribution in [3.8, 4) is 12.1 Å². The highest BCUT2D eigenvalue weighted by atomic mass is 19.4. The summed E-state index contributed by atoms with van der Waals surface area (Å²) >= 11 is 0. The topological polar surface area (TPSA) is 86.0 Å². The fraction of sp³-hybridized carbons (Fsp3) is 0.0833.